The van der Waals surface area contributed by atoms with E-state index in [9.17, 15) is 12.8 Å². The molecule has 0 aliphatic carbocycles. The number of nitrogens with one attached hydrogen (secondary N) is 1. The summed E-state index contributed by atoms with van der Waals surface area (Å²) < 4.78 is 40.3. The number of halogens is 1. The van der Waals surface area contributed by atoms with Crippen molar-refractivity contribution in [3.05, 3.63) is 45.9 Å². The van der Waals surface area contributed by atoms with Crippen LogP contribution in [0, 0.1) is 5.82 Å². The summed E-state index contributed by atoms with van der Waals surface area (Å²) in [5.41, 5.74) is 6.54. The molecule has 0 spiro atoms. The van der Waals surface area contributed by atoms with Gasteiger partial charge in [0.25, 0.3) is 0 Å². The summed E-state index contributed by atoms with van der Waals surface area (Å²) in [4.78, 5) is 0.431. The molecule has 0 aliphatic rings. The van der Waals surface area contributed by atoms with Crippen LogP contribution < -0.4 is 10.5 Å². The van der Waals surface area contributed by atoms with Gasteiger partial charge in [-0.25, -0.2) is 17.5 Å². The molecule has 1 aromatic heterocycles. The van der Waals surface area contributed by atoms with Gasteiger partial charge in [-0.3, -0.25) is 0 Å². The van der Waals surface area contributed by atoms with Crippen molar-refractivity contribution in [2.24, 2.45) is 0 Å². The number of sulfonamides is 1. The Kier molecular flexibility index (Phi) is 4.42. The first kappa shape index (κ1) is 15.0. The zero-order valence-electron chi connectivity index (χ0n) is 10.9. The van der Waals surface area contributed by atoms with Gasteiger partial charge in [0.1, 0.15) is 10.7 Å². The summed E-state index contributed by atoms with van der Waals surface area (Å²) in [5, 5.41) is 1.90. The minimum Gasteiger partial charge on any atom is -0.398 e. The Hall–Kier alpha value is -1.44. The average molecular weight is 314 g/mol. The van der Waals surface area contributed by atoms with Gasteiger partial charge >= 0.3 is 0 Å². The zero-order chi connectivity index (χ0) is 14.8. The van der Waals surface area contributed by atoms with E-state index in [1.807, 2.05) is 18.4 Å². The third-order valence-corrected chi connectivity index (χ3v) is 5.36. The van der Waals surface area contributed by atoms with Gasteiger partial charge in [0.05, 0.1) is 5.69 Å². The highest BCUT2D eigenvalue weighted by atomic mass is 32.2. The molecule has 3 N–H and O–H groups in total. The molecule has 0 aliphatic heterocycles. The van der Waals surface area contributed by atoms with Gasteiger partial charge in [0.15, 0.2) is 0 Å². The monoisotopic (exact) mass is 314 g/mol. The molecule has 7 heteroatoms. The number of anilines is 1. The highest BCUT2D eigenvalue weighted by Crippen LogP contribution is 2.23. The van der Waals surface area contributed by atoms with Gasteiger partial charge in [-0.1, -0.05) is 13.0 Å². The SMILES string of the molecule is CCc1ccsc1CNS(=O)(=O)c1c(N)cccc1F. The predicted octanol–water partition coefficient (Wildman–Crippen LogP) is 2.51. The minimum atomic E-state index is -3.97. The molecular formula is C13H15FN2O2S2. The molecule has 0 saturated carbocycles. The molecule has 0 unspecified atom stereocenters. The zero-order valence-corrected chi connectivity index (χ0v) is 12.5. The normalized spacial score (nSPS) is 11.7. The highest BCUT2D eigenvalue weighted by molar-refractivity contribution is 7.89. The first-order valence-electron chi connectivity index (χ1n) is 6.04. The number of rotatable bonds is 5. The molecule has 0 radical (unpaired) electrons. The summed E-state index contributed by atoms with van der Waals surface area (Å²) in [7, 11) is -3.97. The first-order chi connectivity index (χ1) is 9.45. The number of aryl methyl sites for hydroxylation is 1. The van der Waals surface area contributed by atoms with Crippen LogP contribution in [0.4, 0.5) is 10.1 Å². The van der Waals surface area contributed by atoms with Crippen LogP contribution in [0.25, 0.3) is 0 Å². The fourth-order valence-corrected chi connectivity index (χ4v) is 4.07. The smallest absolute Gasteiger partial charge is 0.245 e. The molecule has 108 valence electrons. The van der Waals surface area contributed by atoms with Gasteiger partial charge in [-0.05, 0) is 35.6 Å². The van der Waals surface area contributed by atoms with E-state index in [0.29, 0.717) is 0 Å². The largest absolute Gasteiger partial charge is 0.398 e. The van der Waals surface area contributed by atoms with Crippen molar-refractivity contribution in [1.29, 1.82) is 0 Å². The van der Waals surface area contributed by atoms with Crippen LogP contribution in [-0.2, 0) is 23.0 Å². The fourth-order valence-electron chi connectivity index (χ4n) is 1.88. The van der Waals surface area contributed by atoms with Crippen LogP contribution >= 0.6 is 11.3 Å². The van der Waals surface area contributed by atoms with Crippen molar-refractivity contribution >= 4 is 27.0 Å². The molecule has 1 heterocycles. The van der Waals surface area contributed by atoms with E-state index in [1.165, 1.54) is 23.5 Å². The maximum Gasteiger partial charge on any atom is 0.245 e. The lowest BCUT2D eigenvalue weighted by atomic mass is 10.2. The molecular weight excluding hydrogens is 299 g/mol. The lowest BCUT2D eigenvalue weighted by Crippen LogP contribution is -2.25. The summed E-state index contributed by atoms with van der Waals surface area (Å²) >= 11 is 1.47. The van der Waals surface area contributed by atoms with Gasteiger partial charge in [-0.15, -0.1) is 11.3 Å². The second-order valence-corrected chi connectivity index (χ2v) is 6.91. The Bertz CT molecular complexity index is 691. The van der Waals surface area contributed by atoms with E-state index in [0.717, 1.165) is 22.9 Å². The summed E-state index contributed by atoms with van der Waals surface area (Å²) in [5.74, 6) is -0.848. The molecule has 20 heavy (non-hydrogen) atoms. The van der Waals surface area contributed by atoms with Crippen LogP contribution in [-0.4, -0.2) is 8.42 Å². The van der Waals surface area contributed by atoms with Crippen molar-refractivity contribution in [3.8, 4) is 0 Å². The van der Waals surface area contributed by atoms with E-state index in [1.54, 1.807) is 0 Å². The molecule has 0 atom stereocenters. The molecule has 0 fully saturated rings. The summed E-state index contributed by atoms with van der Waals surface area (Å²) in [6.07, 6.45) is 0.822. The van der Waals surface area contributed by atoms with Crippen molar-refractivity contribution in [3.63, 3.8) is 0 Å². The number of hydrogen-bond acceptors (Lipinski definition) is 4. The Morgan fingerprint density at radius 2 is 2.10 bits per heavy atom. The van der Waals surface area contributed by atoms with Gasteiger partial charge in [0, 0.05) is 11.4 Å². The number of thiophene rings is 1. The Labute approximate surface area is 121 Å². The summed E-state index contributed by atoms with van der Waals surface area (Å²) in [6.45, 7) is 2.13. The van der Waals surface area contributed by atoms with Crippen LogP contribution in [0.15, 0.2) is 34.5 Å². The van der Waals surface area contributed by atoms with Crippen LogP contribution in [0.5, 0.6) is 0 Å². The number of nitrogens with two attached hydrogens (primary N) is 1. The van der Waals surface area contributed by atoms with Gasteiger partial charge < -0.3 is 5.73 Å². The second kappa shape index (κ2) is 5.90. The van der Waals surface area contributed by atoms with E-state index in [-0.39, 0.29) is 12.2 Å². The van der Waals surface area contributed by atoms with Crippen molar-refractivity contribution in [1.82, 2.24) is 4.72 Å². The van der Waals surface area contributed by atoms with Crippen molar-refractivity contribution in [2.75, 3.05) is 5.73 Å². The lowest BCUT2D eigenvalue weighted by molar-refractivity contribution is 0.558. The molecule has 0 saturated heterocycles. The minimum absolute atomic E-state index is 0.0978. The van der Waals surface area contributed by atoms with Crippen LogP contribution in [0.2, 0.25) is 0 Å². The van der Waals surface area contributed by atoms with Gasteiger partial charge in [-0.2, -0.15) is 0 Å². The maximum absolute atomic E-state index is 13.7. The molecule has 4 nitrogen and oxygen atoms in total. The Morgan fingerprint density at radius 3 is 2.75 bits per heavy atom. The number of benzene rings is 1. The Morgan fingerprint density at radius 1 is 1.35 bits per heavy atom. The molecule has 0 bridgehead atoms. The quantitative estimate of drug-likeness (QED) is 0.833. The average Bonchev–Trinajstić information content (AvgIpc) is 2.83. The molecule has 2 aromatic rings. The van der Waals surface area contributed by atoms with E-state index in [4.69, 9.17) is 5.73 Å². The topological polar surface area (TPSA) is 72.2 Å². The van der Waals surface area contributed by atoms with E-state index >= 15 is 0 Å². The highest BCUT2D eigenvalue weighted by Gasteiger charge is 2.22. The van der Waals surface area contributed by atoms with E-state index in [2.05, 4.69) is 4.72 Å². The Balaban J connectivity index is 2.24. The lowest BCUT2D eigenvalue weighted by Gasteiger charge is -2.10. The first-order valence-corrected chi connectivity index (χ1v) is 8.41. The van der Waals surface area contributed by atoms with Crippen molar-refractivity contribution < 1.29 is 12.8 Å². The third-order valence-electron chi connectivity index (χ3n) is 2.91. The molecule has 2 rings (SSSR count). The molecule has 0 amide bonds. The standard InChI is InChI=1S/C13H15FN2O2S2/c1-2-9-6-7-19-12(9)8-16-20(17,18)13-10(14)4-3-5-11(13)15/h3-7,16H,2,8,15H2,1H3. The van der Waals surface area contributed by atoms with Crippen LogP contribution in [0.1, 0.15) is 17.4 Å². The predicted molar refractivity (Wildman–Crippen MR) is 78.5 cm³/mol. The molecule has 1 aromatic carbocycles. The number of hydrogen-bond donors (Lipinski definition) is 2. The van der Waals surface area contributed by atoms with Gasteiger partial charge in [0.2, 0.25) is 10.0 Å². The van der Waals surface area contributed by atoms with Crippen LogP contribution in [0.3, 0.4) is 0 Å². The second-order valence-electron chi connectivity index (χ2n) is 4.21. The third kappa shape index (κ3) is 3.00. The summed E-state index contributed by atoms with van der Waals surface area (Å²) in [6, 6.07) is 5.76. The fraction of sp³-hybridized carbons (Fsp3) is 0.231. The maximum atomic E-state index is 13.7. The van der Waals surface area contributed by atoms with E-state index < -0.39 is 20.7 Å². The van der Waals surface area contributed by atoms with Crippen molar-refractivity contribution in [2.45, 2.75) is 24.8 Å². The number of nitrogen functional groups attached to an aromatic ring is 1.